The molecule has 0 radical (unpaired) electrons. The maximum absolute atomic E-state index is 10.9. The van der Waals surface area contributed by atoms with E-state index in [0.29, 0.717) is 6.61 Å². The molecule has 0 aliphatic heterocycles. The molecular formula is C12H14O2. The SMILES string of the molecule is COCc1ccc(C2(C=O)CC2)cc1. The van der Waals surface area contributed by atoms with Gasteiger partial charge < -0.3 is 9.53 Å². The molecule has 0 saturated heterocycles. The highest BCUT2D eigenvalue weighted by atomic mass is 16.5. The summed E-state index contributed by atoms with van der Waals surface area (Å²) < 4.78 is 5.03. The molecule has 0 bridgehead atoms. The van der Waals surface area contributed by atoms with Crippen LogP contribution in [-0.4, -0.2) is 13.4 Å². The van der Waals surface area contributed by atoms with Gasteiger partial charge in [-0.2, -0.15) is 0 Å². The fourth-order valence-corrected chi connectivity index (χ4v) is 1.71. The molecule has 0 heterocycles. The molecule has 2 heteroatoms. The van der Waals surface area contributed by atoms with Gasteiger partial charge >= 0.3 is 0 Å². The predicted octanol–water partition coefficient (Wildman–Crippen LogP) is 2.06. The van der Waals surface area contributed by atoms with Crippen LogP contribution < -0.4 is 0 Å². The molecule has 2 rings (SSSR count). The van der Waals surface area contributed by atoms with Crippen LogP contribution in [0.1, 0.15) is 24.0 Å². The van der Waals surface area contributed by atoms with Gasteiger partial charge in [-0.25, -0.2) is 0 Å². The summed E-state index contributed by atoms with van der Waals surface area (Å²) in [7, 11) is 1.68. The van der Waals surface area contributed by atoms with Crippen molar-refractivity contribution >= 4 is 6.29 Å². The molecule has 0 atom stereocenters. The normalized spacial score (nSPS) is 17.8. The van der Waals surface area contributed by atoms with Crippen molar-refractivity contribution in [1.29, 1.82) is 0 Å². The van der Waals surface area contributed by atoms with E-state index in [2.05, 4.69) is 0 Å². The zero-order valence-electron chi connectivity index (χ0n) is 8.32. The molecule has 1 aliphatic rings. The summed E-state index contributed by atoms with van der Waals surface area (Å²) in [6.45, 7) is 0.633. The Kier molecular flexibility index (Phi) is 2.38. The molecule has 1 aliphatic carbocycles. The van der Waals surface area contributed by atoms with E-state index < -0.39 is 0 Å². The van der Waals surface area contributed by atoms with Crippen LogP contribution in [0.15, 0.2) is 24.3 Å². The number of benzene rings is 1. The Hall–Kier alpha value is -1.15. The molecule has 1 saturated carbocycles. The van der Waals surface area contributed by atoms with Gasteiger partial charge in [0.25, 0.3) is 0 Å². The largest absolute Gasteiger partial charge is 0.380 e. The van der Waals surface area contributed by atoms with Crippen molar-refractivity contribution in [1.82, 2.24) is 0 Å². The van der Waals surface area contributed by atoms with Gasteiger partial charge in [-0.3, -0.25) is 0 Å². The van der Waals surface area contributed by atoms with E-state index in [9.17, 15) is 4.79 Å². The van der Waals surface area contributed by atoms with E-state index in [4.69, 9.17) is 4.74 Å². The number of rotatable bonds is 4. The van der Waals surface area contributed by atoms with Crippen LogP contribution >= 0.6 is 0 Å². The second-order valence-electron chi connectivity index (χ2n) is 3.90. The number of carbonyl (C=O) groups is 1. The molecule has 0 aromatic heterocycles. The van der Waals surface area contributed by atoms with E-state index in [1.807, 2.05) is 24.3 Å². The van der Waals surface area contributed by atoms with Crippen molar-refractivity contribution in [3.8, 4) is 0 Å². The molecule has 74 valence electrons. The molecule has 1 aromatic carbocycles. The zero-order chi connectivity index (χ0) is 10.0. The molecule has 0 amide bonds. The lowest BCUT2D eigenvalue weighted by Gasteiger charge is -2.07. The molecular weight excluding hydrogens is 176 g/mol. The highest BCUT2D eigenvalue weighted by Gasteiger charge is 2.43. The van der Waals surface area contributed by atoms with Crippen LogP contribution in [-0.2, 0) is 21.6 Å². The van der Waals surface area contributed by atoms with Crippen molar-refractivity contribution in [2.24, 2.45) is 0 Å². The van der Waals surface area contributed by atoms with Gasteiger partial charge in [-0.15, -0.1) is 0 Å². The number of aldehydes is 1. The Balaban J connectivity index is 2.18. The number of carbonyl (C=O) groups excluding carboxylic acids is 1. The van der Waals surface area contributed by atoms with Crippen molar-refractivity contribution < 1.29 is 9.53 Å². The predicted molar refractivity (Wildman–Crippen MR) is 54.1 cm³/mol. The van der Waals surface area contributed by atoms with Crippen LogP contribution in [0.3, 0.4) is 0 Å². The molecule has 0 spiro atoms. The van der Waals surface area contributed by atoms with E-state index in [-0.39, 0.29) is 5.41 Å². The minimum absolute atomic E-state index is 0.147. The molecule has 1 fully saturated rings. The van der Waals surface area contributed by atoms with Crippen molar-refractivity contribution in [2.75, 3.05) is 7.11 Å². The first kappa shape index (κ1) is 9.41. The second-order valence-corrected chi connectivity index (χ2v) is 3.90. The topological polar surface area (TPSA) is 26.3 Å². The van der Waals surface area contributed by atoms with Crippen LogP contribution in [0.5, 0.6) is 0 Å². The quantitative estimate of drug-likeness (QED) is 0.679. The third-order valence-electron chi connectivity index (χ3n) is 2.85. The van der Waals surface area contributed by atoms with Gasteiger partial charge in [0.1, 0.15) is 6.29 Å². The maximum Gasteiger partial charge on any atom is 0.130 e. The summed E-state index contributed by atoms with van der Waals surface area (Å²) in [5.74, 6) is 0. The van der Waals surface area contributed by atoms with Crippen molar-refractivity contribution in [2.45, 2.75) is 24.9 Å². The minimum atomic E-state index is -0.147. The average Bonchev–Trinajstić information content (AvgIpc) is 3.00. The third-order valence-corrected chi connectivity index (χ3v) is 2.85. The first-order valence-electron chi connectivity index (χ1n) is 4.85. The standard InChI is InChI=1S/C12H14O2/c1-14-8-10-2-4-11(5-3-10)12(9-13)6-7-12/h2-5,9H,6-8H2,1H3. The fraction of sp³-hybridized carbons (Fsp3) is 0.417. The Morgan fingerprint density at radius 2 is 2.00 bits per heavy atom. The van der Waals surface area contributed by atoms with Gasteiger partial charge in [-0.05, 0) is 24.0 Å². The summed E-state index contributed by atoms with van der Waals surface area (Å²) in [4.78, 5) is 10.9. The van der Waals surface area contributed by atoms with Crippen molar-refractivity contribution in [3.63, 3.8) is 0 Å². The van der Waals surface area contributed by atoms with E-state index in [1.165, 1.54) is 0 Å². The molecule has 0 N–H and O–H groups in total. The summed E-state index contributed by atoms with van der Waals surface area (Å²) in [6, 6.07) is 8.14. The monoisotopic (exact) mass is 190 g/mol. The molecule has 1 aromatic rings. The van der Waals surface area contributed by atoms with Crippen LogP contribution in [0.4, 0.5) is 0 Å². The summed E-state index contributed by atoms with van der Waals surface area (Å²) >= 11 is 0. The number of hydrogen-bond donors (Lipinski definition) is 0. The summed E-state index contributed by atoms with van der Waals surface area (Å²) in [5, 5.41) is 0. The number of hydrogen-bond acceptors (Lipinski definition) is 2. The van der Waals surface area contributed by atoms with E-state index >= 15 is 0 Å². The van der Waals surface area contributed by atoms with Gasteiger partial charge in [0, 0.05) is 7.11 Å². The molecule has 0 unspecified atom stereocenters. The highest BCUT2D eigenvalue weighted by molar-refractivity contribution is 5.73. The average molecular weight is 190 g/mol. The van der Waals surface area contributed by atoms with Gasteiger partial charge in [0.2, 0.25) is 0 Å². The van der Waals surface area contributed by atoms with Gasteiger partial charge in [0.05, 0.1) is 12.0 Å². The lowest BCUT2D eigenvalue weighted by Crippen LogP contribution is -2.07. The zero-order valence-corrected chi connectivity index (χ0v) is 8.32. The third kappa shape index (κ3) is 1.58. The Morgan fingerprint density at radius 1 is 1.36 bits per heavy atom. The Bertz CT molecular complexity index is 323. The Labute approximate surface area is 83.9 Å². The van der Waals surface area contributed by atoms with Crippen LogP contribution in [0.2, 0.25) is 0 Å². The highest BCUT2D eigenvalue weighted by Crippen LogP contribution is 2.46. The lowest BCUT2D eigenvalue weighted by atomic mass is 9.97. The number of methoxy groups -OCH3 is 1. The van der Waals surface area contributed by atoms with E-state index in [0.717, 1.165) is 30.3 Å². The van der Waals surface area contributed by atoms with Gasteiger partial charge in [-0.1, -0.05) is 24.3 Å². The fourth-order valence-electron chi connectivity index (χ4n) is 1.71. The summed E-state index contributed by atoms with van der Waals surface area (Å²) in [6.07, 6.45) is 3.08. The summed E-state index contributed by atoms with van der Waals surface area (Å²) in [5.41, 5.74) is 2.15. The van der Waals surface area contributed by atoms with Crippen molar-refractivity contribution in [3.05, 3.63) is 35.4 Å². The van der Waals surface area contributed by atoms with Crippen LogP contribution in [0, 0.1) is 0 Å². The first-order chi connectivity index (χ1) is 6.80. The van der Waals surface area contributed by atoms with E-state index in [1.54, 1.807) is 7.11 Å². The maximum atomic E-state index is 10.9. The lowest BCUT2D eigenvalue weighted by molar-refractivity contribution is -0.109. The van der Waals surface area contributed by atoms with Crippen LogP contribution in [0.25, 0.3) is 0 Å². The molecule has 2 nitrogen and oxygen atoms in total. The smallest absolute Gasteiger partial charge is 0.130 e. The first-order valence-corrected chi connectivity index (χ1v) is 4.85. The minimum Gasteiger partial charge on any atom is -0.380 e. The number of ether oxygens (including phenoxy) is 1. The molecule has 14 heavy (non-hydrogen) atoms. The second kappa shape index (κ2) is 3.54. The Morgan fingerprint density at radius 3 is 2.43 bits per heavy atom. The van der Waals surface area contributed by atoms with Gasteiger partial charge in [0.15, 0.2) is 0 Å².